The number of esters is 1. The molecule has 0 bridgehead atoms. The van der Waals surface area contributed by atoms with Crippen LogP contribution < -0.4 is 0 Å². The third kappa shape index (κ3) is 3.75. The summed E-state index contributed by atoms with van der Waals surface area (Å²) in [6, 6.07) is 2.25. The molecular formula is C11H14N2O6S. The van der Waals surface area contributed by atoms with Crippen molar-refractivity contribution < 1.29 is 27.9 Å². The largest absolute Gasteiger partial charge is 0.478 e. The molecule has 110 valence electrons. The maximum atomic E-state index is 12.1. The van der Waals surface area contributed by atoms with Crippen molar-refractivity contribution in [2.24, 2.45) is 0 Å². The van der Waals surface area contributed by atoms with Crippen LogP contribution in [-0.2, 0) is 19.6 Å². The van der Waals surface area contributed by atoms with E-state index in [-0.39, 0.29) is 23.6 Å². The van der Waals surface area contributed by atoms with E-state index in [2.05, 4.69) is 9.72 Å². The maximum Gasteiger partial charge on any atom is 0.337 e. The first-order chi connectivity index (χ1) is 9.28. The smallest absolute Gasteiger partial charge is 0.337 e. The molecule has 0 aliphatic heterocycles. The summed E-state index contributed by atoms with van der Waals surface area (Å²) in [5.74, 6) is -1.72. The first kappa shape index (κ1) is 16.1. The van der Waals surface area contributed by atoms with Gasteiger partial charge in [0.1, 0.15) is 0 Å². The normalized spacial score (nSPS) is 11.3. The molecular weight excluding hydrogens is 288 g/mol. The monoisotopic (exact) mass is 302 g/mol. The predicted molar refractivity (Wildman–Crippen MR) is 67.6 cm³/mol. The fraction of sp³-hybridized carbons (Fsp3) is 0.364. The zero-order chi connectivity index (χ0) is 15.3. The Bertz CT molecular complexity index is 596. The van der Waals surface area contributed by atoms with Crippen LogP contribution in [0.25, 0.3) is 0 Å². The molecule has 0 radical (unpaired) electrons. The zero-order valence-electron chi connectivity index (χ0n) is 10.9. The molecule has 0 atom stereocenters. The maximum absolute atomic E-state index is 12.1. The van der Waals surface area contributed by atoms with Crippen molar-refractivity contribution in [3.8, 4) is 0 Å². The summed E-state index contributed by atoms with van der Waals surface area (Å²) in [6.45, 7) is -0.0582. The molecule has 1 heterocycles. The molecule has 0 aromatic carbocycles. The molecule has 1 aromatic heterocycles. The van der Waals surface area contributed by atoms with Crippen molar-refractivity contribution in [1.29, 1.82) is 0 Å². The van der Waals surface area contributed by atoms with Crippen LogP contribution in [0.2, 0.25) is 0 Å². The molecule has 0 saturated heterocycles. The lowest BCUT2D eigenvalue weighted by Gasteiger charge is -2.15. The third-order valence-corrected chi connectivity index (χ3v) is 4.29. The van der Waals surface area contributed by atoms with Crippen molar-refractivity contribution in [2.75, 3.05) is 20.7 Å². The van der Waals surface area contributed by atoms with Gasteiger partial charge in [-0.3, -0.25) is 4.79 Å². The van der Waals surface area contributed by atoms with Gasteiger partial charge in [0.2, 0.25) is 0 Å². The van der Waals surface area contributed by atoms with Crippen molar-refractivity contribution in [3.05, 3.63) is 23.9 Å². The minimum absolute atomic E-state index is 0.0582. The van der Waals surface area contributed by atoms with E-state index in [9.17, 15) is 18.0 Å². The number of methoxy groups -OCH3 is 1. The molecule has 0 aliphatic carbocycles. The van der Waals surface area contributed by atoms with E-state index < -0.39 is 22.0 Å². The Morgan fingerprint density at radius 3 is 2.50 bits per heavy atom. The standard InChI is InChI=1S/C11H14N2O6S/c1-13(6-5-10(14)19-2)20(17,18)9-4-3-8(7-12-9)11(15)16/h3-4,7H,5-6H2,1-2H3,(H,15,16). The lowest BCUT2D eigenvalue weighted by molar-refractivity contribution is -0.140. The number of rotatable bonds is 6. The molecule has 0 spiro atoms. The fourth-order valence-corrected chi connectivity index (χ4v) is 2.37. The number of ether oxygens (including phenoxy) is 1. The highest BCUT2D eigenvalue weighted by molar-refractivity contribution is 7.89. The number of carbonyl (C=O) groups excluding carboxylic acids is 1. The van der Waals surface area contributed by atoms with E-state index in [1.165, 1.54) is 14.2 Å². The van der Waals surface area contributed by atoms with E-state index in [0.717, 1.165) is 22.6 Å². The summed E-state index contributed by atoms with van der Waals surface area (Å²) < 4.78 is 29.5. The van der Waals surface area contributed by atoms with E-state index in [0.29, 0.717) is 0 Å². The van der Waals surface area contributed by atoms with Gasteiger partial charge >= 0.3 is 11.9 Å². The lowest BCUT2D eigenvalue weighted by Crippen LogP contribution is -2.30. The van der Waals surface area contributed by atoms with Crippen molar-refractivity contribution in [1.82, 2.24) is 9.29 Å². The highest BCUT2D eigenvalue weighted by Crippen LogP contribution is 2.12. The summed E-state index contributed by atoms with van der Waals surface area (Å²) in [7, 11) is -1.36. The second kappa shape index (κ2) is 6.44. The molecule has 9 heteroatoms. The molecule has 1 aromatic rings. The summed E-state index contributed by atoms with van der Waals surface area (Å²) >= 11 is 0. The number of aromatic nitrogens is 1. The van der Waals surface area contributed by atoms with Gasteiger partial charge in [-0.2, -0.15) is 4.31 Å². The average molecular weight is 302 g/mol. The SMILES string of the molecule is COC(=O)CCN(C)S(=O)(=O)c1ccc(C(=O)O)cn1. The van der Waals surface area contributed by atoms with Crippen LogP contribution in [0.3, 0.4) is 0 Å². The van der Waals surface area contributed by atoms with Gasteiger partial charge in [0.05, 0.1) is 19.1 Å². The van der Waals surface area contributed by atoms with E-state index in [1.807, 2.05) is 0 Å². The molecule has 0 amide bonds. The second-order valence-corrected chi connectivity index (χ2v) is 5.83. The topological polar surface area (TPSA) is 114 Å². The van der Waals surface area contributed by atoms with Gasteiger partial charge in [-0.25, -0.2) is 18.2 Å². The summed E-state index contributed by atoms with van der Waals surface area (Å²) in [5.41, 5.74) is -0.110. The summed E-state index contributed by atoms with van der Waals surface area (Å²) in [5, 5.41) is 8.43. The highest BCUT2D eigenvalue weighted by atomic mass is 32.2. The number of carboxylic acid groups (broad SMARTS) is 1. The number of carbonyl (C=O) groups is 2. The number of carboxylic acids is 1. The number of hydrogen-bond donors (Lipinski definition) is 1. The van der Waals surface area contributed by atoms with Crippen LogP contribution in [0.15, 0.2) is 23.4 Å². The molecule has 8 nitrogen and oxygen atoms in total. The minimum atomic E-state index is -3.86. The van der Waals surface area contributed by atoms with E-state index >= 15 is 0 Å². The van der Waals surface area contributed by atoms with Crippen LogP contribution in [0.4, 0.5) is 0 Å². The number of hydrogen-bond acceptors (Lipinski definition) is 6. The first-order valence-corrected chi connectivity index (χ1v) is 6.95. The van der Waals surface area contributed by atoms with Gasteiger partial charge in [-0.1, -0.05) is 0 Å². The van der Waals surface area contributed by atoms with Crippen LogP contribution >= 0.6 is 0 Å². The number of sulfonamides is 1. The average Bonchev–Trinajstić information content (AvgIpc) is 2.44. The number of pyridine rings is 1. The van der Waals surface area contributed by atoms with Gasteiger partial charge < -0.3 is 9.84 Å². The molecule has 0 aliphatic rings. The minimum Gasteiger partial charge on any atom is -0.478 e. The molecule has 1 N–H and O–H groups in total. The van der Waals surface area contributed by atoms with Crippen molar-refractivity contribution in [2.45, 2.75) is 11.4 Å². The van der Waals surface area contributed by atoms with E-state index in [4.69, 9.17) is 5.11 Å². The van der Waals surface area contributed by atoms with Gasteiger partial charge in [-0.15, -0.1) is 0 Å². The van der Waals surface area contributed by atoms with Gasteiger partial charge in [0.25, 0.3) is 10.0 Å². The fourth-order valence-electron chi connectivity index (χ4n) is 1.29. The molecule has 20 heavy (non-hydrogen) atoms. The number of aromatic carboxylic acids is 1. The molecule has 0 fully saturated rings. The zero-order valence-corrected chi connectivity index (χ0v) is 11.8. The second-order valence-electron chi connectivity index (χ2n) is 3.84. The molecule has 1 rings (SSSR count). The summed E-state index contributed by atoms with van der Waals surface area (Å²) in [4.78, 5) is 25.2. The molecule has 0 saturated carbocycles. The predicted octanol–water partition coefficient (Wildman–Crippen LogP) is -0.0366. The lowest BCUT2D eigenvalue weighted by atomic mass is 10.3. The molecule has 0 unspecified atom stereocenters. The number of nitrogens with zero attached hydrogens (tertiary/aromatic N) is 2. The Morgan fingerprint density at radius 2 is 2.05 bits per heavy atom. The van der Waals surface area contributed by atoms with E-state index in [1.54, 1.807) is 0 Å². The Hall–Kier alpha value is -2.00. The Morgan fingerprint density at radius 1 is 1.40 bits per heavy atom. The van der Waals surface area contributed by atoms with Crippen molar-refractivity contribution in [3.63, 3.8) is 0 Å². The van der Waals surface area contributed by atoms with Crippen LogP contribution in [0.1, 0.15) is 16.8 Å². The van der Waals surface area contributed by atoms with Gasteiger partial charge in [-0.05, 0) is 12.1 Å². The Kier molecular flexibility index (Phi) is 5.17. The third-order valence-electron chi connectivity index (χ3n) is 2.52. The van der Waals surface area contributed by atoms with Crippen molar-refractivity contribution >= 4 is 22.0 Å². The Balaban J connectivity index is 2.87. The van der Waals surface area contributed by atoms with Crippen LogP contribution in [-0.4, -0.2) is 55.5 Å². The highest BCUT2D eigenvalue weighted by Gasteiger charge is 2.23. The quantitative estimate of drug-likeness (QED) is 0.733. The van der Waals surface area contributed by atoms with Crippen LogP contribution in [0.5, 0.6) is 0 Å². The summed E-state index contributed by atoms with van der Waals surface area (Å²) in [6.07, 6.45) is 0.878. The Labute approximate surface area is 116 Å². The van der Waals surface area contributed by atoms with Crippen LogP contribution in [0, 0.1) is 0 Å². The van der Waals surface area contributed by atoms with Gasteiger partial charge in [0.15, 0.2) is 5.03 Å². The van der Waals surface area contributed by atoms with Gasteiger partial charge in [0, 0.05) is 19.8 Å². The first-order valence-electron chi connectivity index (χ1n) is 5.51.